The Morgan fingerprint density at radius 1 is 1.40 bits per heavy atom. The van der Waals surface area contributed by atoms with Crippen LogP contribution in [0.15, 0.2) is 23.1 Å². The molecule has 0 radical (unpaired) electrons. The number of carbonyl (C=O) groups is 1. The van der Waals surface area contributed by atoms with E-state index in [9.17, 15) is 18.0 Å². The van der Waals surface area contributed by atoms with Crippen LogP contribution in [0.3, 0.4) is 0 Å². The molecule has 0 bridgehead atoms. The van der Waals surface area contributed by atoms with Gasteiger partial charge in [0.1, 0.15) is 5.75 Å². The number of hydrogen-bond acceptors (Lipinski definition) is 3. The van der Waals surface area contributed by atoms with Crippen molar-refractivity contribution in [2.24, 2.45) is 0 Å². The van der Waals surface area contributed by atoms with Gasteiger partial charge in [-0.05, 0) is 24.5 Å². The molecule has 6 heteroatoms. The van der Waals surface area contributed by atoms with E-state index in [0.717, 1.165) is 6.07 Å². The molecule has 0 heterocycles. The zero-order valence-corrected chi connectivity index (χ0v) is 8.48. The van der Waals surface area contributed by atoms with Gasteiger partial charge < -0.3 is 4.74 Å². The van der Waals surface area contributed by atoms with Crippen molar-refractivity contribution >= 4 is 18.0 Å². The molecule has 0 amide bonds. The van der Waals surface area contributed by atoms with Gasteiger partial charge in [0, 0.05) is 10.5 Å². The SMILES string of the molecule is CSc1ccc(OC(F)(F)F)cc1C=O. The Hall–Kier alpha value is -1.17. The minimum absolute atomic E-state index is 0.184. The molecule has 0 atom stereocenters. The van der Waals surface area contributed by atoms with Crippen LogP contribution >= 0.6 is 11.8 Å². The molecule has 15 heavy (non-hydrogen) atoms. The van der Waals surface area contributed by atoms with E-state index in [1.165, 1.54) is 23.9 Å². The standard InChI is InChI=1S/C9H7F3O2S/c1-15-8-3-2-7(4-6(8)5-13)14-9(10,11)12/h2-5H,1H3. The van der Waals surface area contributed by atoms with Gasteiger partial charge >= 0.3 is 6.36 Å². The topological polar surface area (TPSA) is 26.3 Å². The zero-order valence-electron chi connectivity index (χ0n) is 7.67. The molecule has 0 aliphatic rings. The van der Waals surface area contributed by atoms with Crippen LogP contribution in [-0.2, 0) is 0 Å². The minimum Gasteiger partial charge on any atom is -0.406 e. The van der Waals surface area contributed by atoms with Crippen molar-refractivity contribution in [2.45, 2.75) is 11.3 Å². The molecule has 0 unspecified atom stereocenters. The van der Waals surface area contributed by atoms with Crippen LogP contribution in [0.5, 0.6) is 5.75 Å². The van der Waals surface area contributed by atoms with E-state index in [-0.39, 0.29) is 11.3 Å². The number of halogens is 3. The molecule has 0 saturated heterocycles. The zero-order chi connectivity index (χ0) is 11.5. The third-order valence-electron chi connectivity index (χ3n) is 1.56. The van der Waals surface area contributed by atoms with Crippen molar-refractivity contribution < 1.29 is 22.7 Å². The quantitative estimate of drug-likeness (QED) is 0.595. The summed E-state index contributed by atoms with van der Waals surface area (Å²) in [6.45, 7) is 0. The second-order valence-corrected chi connectivity index (χ2v) is 3.42. The molecular weight excluding hydrogens is 229 g/mol. The number of rotatable bonds is 3. The molecule has 0 aliphatic heterocycles. The first-order valence-electron chi connectivity index (χ1n) is 3.85. The molecule has 0 saturated carbocycles. The summed E-state index contributed by atoms with van der Waals surface area (Å²) in [4.78, 5) is 11.2. The van der Waals surface area contributed by atoms with E-state index in [1.54, 1.807) is 6.26 Å². The lowest BCUT2D eigenvalue weighted by atomic mass is 10.2. The third kappa shape index (κ3) is 3.47. The van der Waals surface area contributed by atoms with Crippen LogP contribution < -0.4 is 4.74 Å². The van der Waals surface area contributed by atoms with E-state index in [2.05, 4.69) is 4.74 Å². The van der Waals surface area contributed by atoms with Crippen molar-refractivity contribution in [3.05, 3.63) is 23.8 Å². The smallest absolute Gasteiger partial charge is 0.406 e. The van der Waals surface area contributed by atoms with E-state index in [1.807, 2.05) is 0 Å². The fourth-order valence-corrected chi connectivity index (χ4v) is 1.55. The first-order valence-corrected chi connectivity index (χ1v) is 5.07. The maximum Gasteiger partial charge on any atom is 0.573 e. The second-order valence-electron chi connectivity index (χ2n) is 2.57. The average molecular weight is 236 g/mol. The molecule has 1 aromatic carbocycles. The highest BCUT2D eigenvalue weighted by atomic mass is 32.2. The van der Waals surface area contributed by atoms with Crippen molar-refractivity contribution in [1.82, 2.24) is 0 Å². The summed E-state index contributed by atoms with van der Waals surface area (Å²) in [6.07, 6.45) is -2.51. The van der Waals surface area contributed by atoms with Gasteiger partial charge in [0.15, 0.2) is 6.29 Å². The molecule has 0 spiro atoms. The highest BCUT2D eigenvalue weighted by molar-refractivity contribution is 7.98. The summed E-state index contributed by atoms with van der Waals surface area (Å²) < 4.78 is 39.2. The van der Waals surface area contributed by atoms with Crippen LogP contribution in [0.2, 0.25) is 0 Å². The Bertz CT molecular complexity index is 363. The van der Waals surface area contributed by atoms with Crippen LogP contribution in [0.1, 0.15) is 10.4 Å². The minimum atomic E-state index is -4.74. The summed E-state index contributed by atoms with van der Waals surface area (Å²) in [5, 5.41) is 0. The highest BCUT2D eigenvalue weighted by Gasteiger charge is 2.31. The van der Waals surface area contributed by atoms with Crippen molar-refractivity contribution in [3.8, 4) is 5.75 Å². The van der Waals surface area contributed by atoms with Gasteiger partial charge in [0.2, 0.25) is 0 Å². The van der Waals surface area contributed by atoms with Crippen LogP contribution in [-0.4, -0.2) is 18.9 Å². The summed E-state index contributed by atoms with van der Waals surface area (Å²) in [5.74, 6) is -0.387. The van der Waals surface area contributed by atoms with Gasteiger partial charge in [-0.15, -0.1) is 24.9 Å². The number of aldehydes is 1. The number of ether oxygens (including phenoxy) is 1. The predicted molar refractivity (Wildman–Crippen MR) is 50.3 cm³/mol. The summed E-state index contributed by atoms with van der Waals surface area (Å²) >= 11 is 1.28. The first kappa shape index (κ1) is 11.9. The summed E-state index contributed by atoms with van der Waals surface area (Å²) in [5.41, 5.74) is 0.184. The summed E-state index contributed by atoms with van der Waals surface area (Å²) in [7, 11) is 0. The van der Waals surface area contributed by atoms with Crippen LogP contribution in [0.25, 0.3) is 0 Å². The number of alkyl halides is 3. The van der Waals surface area contributed by atoms with Gasteiger partial charge in [0.25, 0.3) is 0 Å². The predicted octanol–water partition coefficient (Wildman–Crippen LogP) is 3.12. The van der Waals surface area contributed by atoms with Gasteiger partial charge in [-0.25, -0.2) is 0 Å². The fourth-order valence-electron chi connectivity index (χ4n) is 1.00. The monoisotopic (exact) mass is 236 g/mol. The Kier molecular flexibility index (Phi) is 3.62. The maximum absolute atomic E-state index is 11.8. The lowest BCUT2D eigenvalue weighted by Crippen LogP contribution is -2.17. The molecule has 1 aromatic rings. The highest BCUT2D eigenvalue weighted by Crippen LogP contribution is 2.27. The molecule has 1 rings (SSSR count). The maximum atomic E-state index is 11.8. The second kappa shape index (κ2) is 4.57. The Morgan fingerprint density at radius 3 is 2.53 bits per heavy atom. The lowest BCUT2D eigenvalue weighted by molar-refractivity contribution is -0.274. The fraction of sp³-hybridized carbons (Fsp3) is 0.222. The van der Waals surface area contributed by atoms with Gasteiger partial charge in [-0.2, -0.15) is 0 Å². The van der Waals surface area contributed by atoms with E-state index >= 15 is 0 Å². The molecule has 0 fully saturated rings. The largest absolute Gasteiger partial charge is 0.573 e. The normalized spacial score (nSPS) is 11.2. The van der Waals surface area contributed by atoms with Crippen molar-refractivity contribution in [2.75, 3.05) is 6.26 Å². The number of thioether (sulfide) groups is 1. The molecule has 0 N–H and O–H groups in total. The average Bonchev–Trinajstić information content (AvgIpc) is 2.15. The summed E-state index contributed by atoms with van der Waals surface area (Å²) in [6, 6.07) is 3.65. The van der Waals surface area contributed by atoms with Crippen molar-refractivity contribution in [3.63, 3.8) is 0 Å². The molecule has 0 aromatic heterocycles. The number of carbonyl (C=O) groups excluding carboxylic acids is 1. The Balaban J connectivity index is 2.98. The van der Waals surface area contributed by atoms with Crippen molar-refractivity contribution in [1.29, 1.82) is 0 Å². The van der Waals surface area contributed by atoms with E-state index in [0.29, 0.717) is 11.2 Å². The molecular formula is C9H7F3O2S. The van der Waals surface area contributed by atoms with Gasteiger partial charge in [-0.3, -0.25) is 4.79 Å². The van der Waals surface area contributed by atoms with Crippen LogP contribution in [0, 0.1) is 0 Å². The van der Waals surface area contributed by atoms with E-state index < -0.39 is 6.36 Å². The van der Waals surface area contributed by atoms with Crippen LogP contribution in [0.4, 0.5) is 13.2 Å². The number of hydrogen-bond donors (Lipinski definition) is 0. The molecule has 0 aliphatic carbocycles. The van der Waals surface area contributed by atoms with Gasteiger partial charge in [-0.1, -0.05) is 0 Å². The third-order valence-corrected chi connectivity index (χ3v) is 2.37. The molecule has 2 nitrogen and oxygen atoms in total. The lowest BCUT2D eigenvalue weighted by Gasteiger charge is -2.10. The van der Waals surface area contributed by atoms with E-state index in [4.69, 9.17) is 0 Å². The Morgan fingerprint density at radius 2 is 2.07 bits per heavy atom. The van der Waals surface area contributed by atoms with Gasteiger partial charge in [0.05, 0.1) is 0 Å². The first-order chi connectivity index (χ1) is 6.96. The molecule has 82 valence electrons. The number of benzene rings is 1. The Labute approximate surface area is 88.4 Å².